The largest absolute Gasteiger partial charge is 0.390 e. The van der Waals surface area contributed by atoms with Crippen LogP contribution in [0.25, 0.3) is 10.8 Å². The molecule has 4 nitrogen and oxygen atoms in total. The van der Waals surface area contributed by atoms with Crippen molar-refractivity contribution in [3.05, 3.63) is 46.4 Å². The molecule has 96 valence electrons. The minimum absolute atomic E-state index is 0.185. The Morgan fingerprint density at radius 2 is 2.00 bits per heavy atom. The molecule has 0 aliphatic rings. The molecule has 0 aliphatic heterocycles. The molecule has 0 saturated heterocycles. The third-order valence-electron chi connectivity index (χ3n) is 2.88. The van der Waals surface area contributed by atoms with Gasteiger partial charge in [0.15, 0.2) is 0 Å². The highest BCUT2D eigenvalue weighted by atomic mass is 79.9. The predicted octanol–water partition coefficient (Wildman–Crippen LogP) is 1.71. The summed E-state index contributed by atoms with van der Waals surface area (Å²) in [7, 11) is 0. The van der Waals surface area contributed by atoms with Crippen LogP contribution < -0.4 is 5.56 Å². The third kappa shape index (κ3) is 2.80. The fourth-order valence-corrected chi connectivity index (χ4v) is 2.33. The van der Waals surface area contributed by atoms with Crippen LogP contribution in [0.3, 0.4) is 0 Å². The van der Waals surface area contributed by atoms with Gasteiger partial charge in [0.25, 0.3) is 0 Å². The molecule has 0 aliphatic carbocycles. The number of nitrogens with one attached hydrogen (secondary N) is 1. The van der Waals surface area contributed by atoms with E-state index in [-0.39, 0.29) is 5.56 Å². The van der Waals surface area contributed by atoms with Crippen molar-refractivity contribution in [3.8, 4) is 0 Å². The van der Waals surface area contributed by atoms with Gasteiger partial charge >= 0.3 is 0 Å². The van der Waals surface area contributed by atoms with Gasteiger partial charge in [-0.2, -0.15) is 0 Å². The number of halogens is 1. The summed E-state index contributed by atoms with van der Waals surface area (Å²) in [6, 6.07) is 6.77. The van der Waals surface area contributed by atoms with Gasteiger partial charge in [-0.25, -0.2) is 0 Å². The highest BCUT2D eigenvalue weighted by Gasteiger charge is 2.17. The number of aromatic nitrogens is 1. The fourth-order valence-electron chi connectivity index (χ4n) is 1.86. The van der Waals surface area contributed by atoms with Crippen LogP contribution in [-0.4, -0.2) is 26.6 Å². The van der Waals surface area contributed by atoms with Gasteiger partial charge in [0.1, 0.15) is 6.10 Å². The minimum atomic E-state index is -0.939. The number of aromatic amines is 1. The molecule has 0 saturated carbocycles. The van der Waals surface area contributed by atoms with E-state index in [1.165, 1.54) is 6.07 Å². The van der Waals surface area contributed by atoms with Gasteiger partial charge in [-0.15, -0.1) is 0 Å². The second-order valence-electron chi connectivity index (χ2n) is 4.18. The van der Waals surface area contributed by atoms with Crippen LogP contribution in [0, 0.1) is 0 Å². The first kappa shape index (κ1) is 13.3. The molecule has 1 aromatic carbocycles. The maximum absolute atomic E-state index is 11.2. The van der Waals surface area contributed by atoms with E-state index in [9.17, 15) is 15.0 Å². The number of hydrogen-bond acceptors (Lipinski definition) is 3. The summed E-state index contributed by atoms with van der Waals surface area (Å²) in [5.41, 5.74) is 0.427. The minimum Gasteiger partial charge on any atom is -0.390 e. The molecule has 0 spiro atoms. The molecule has 1 heterocycles. The summed E-state index contributed by atoms with van der Waals surface area (Å²) in [5, 5.41) is 22.0. The molecule has 18 heavy (non-hydrogen) atoms. The highest BCUT2D eigenvalue weighted by molar-refractivity contribution is 9.09. The lowest BCUT2D eigenvalue weighted by atomic mass is 10.00. The van der Waals surface area contributed by atoms with Crippen LogP contribution in [0.1, 0.15) is 18.1 Å². The van der Waals surface area contributed by atoms with Crippen molar-refractivity contribution in [2.24, 2.45) is 0 Å². The molecule has 0 amide bonds. The molecular formula is C13H14BrNO3. The average molecular weight is 312 g/mol. The second-order valence-corrected chi connectivity index (χ2v) is 4.97. The molecule has 0 fully saturated rings. The second kappa shape index (κ2) is 5.65. The maximum Gasteiger partial charge on any atom is 0.248 e. The lowest BCUT2D eigenvalue weighted by molar-refractivity contribution is 0.0174. The van der Waals surface area contributed by atoms with E-state index >= 15 is 0 Å². The Hall–Kier alpha value is -1.17. The number of hydrogen-bond donors (Lipinski definition) is 3. The van der Waals surface area contributed by atoms with Crippen LogP contribution >= 0.6 is 15.9 Å². The summed E-state index contributed by atoms with van der Waals surface area (Å²) in [6.45, 7) is 0. The number of rotatable bonds is 4. The normalized spacial score (nSPS) is 14.6. The summed E-state index contributed by atoms with van der Waals surface area (Å²) >= 11 is 3.22. The molecule has 2 atom stereocenters. The molecule has 2 unspecified atom stereocenters. The van der Waals surface area contributed by atoms with Crippen LogP contribution in [0.4, 0.5) is 0 Å². The lowest BCUT2D eigenvalue weighted by Crippen LogP contribution is -2.18. The van der Waals surface area contributed by atoms with Gasteiger partial charge in [-0.05, 0) is 28.8 Å². The Labute approximate surface area is 112 Å². The van der Waals surface area contributed by atoms with Crippen LogP contribution in [0.2, 0.25) is 0 Å². The van der Waals surface area contributed by atoms with E-state index in [4.69, 9.17) is 0 Å². The first-order chi connectivity index (χ1) is 8.61. The predicted molar refractivity (Wildman–Crippen MR) is 73.9 cm³/mol. The zero-order valence-corrected chi connectivity index (χ0v) is 11.2. The van der Waals surface area contributed by atoms with Crippen LogP contribution in [-0.2, 0) is 0 Å². The highest BCUT2D eigenvalue weighted by Crippen LogP contribution is 2.23. The number of fused-ring (bicyclic) bond motifs is 1. The van der Waals surface area contributed by atoms with E-state index in [2.05, 4.69) is 20.9 Å². The quantitative estimate of drug-likeness (QED) is 0.753. The Kier molecular flexibility index (Phi) is 4.16. The molecular weight excluding hydrogens is 298 g/mol. The van der Waals surface area contributed by atoms with E-state index in [1.807, 2.05) is 6.07 Å². The van der Waals surface area contributed by atoms with Crippen LogP contribution in [0.5, 0.6) is 0 Å². The fraction of sp³-hybridized carbons (Fsp3) is 0.308. The molecule has 1 aromatic heterocycles. The zero-order valence-electron chi connectivity index (χ0n) is 9.64. The first-order valence-corrected chi connectivity index (χ1v) is 6.78. The Balaban J connectivity index is 2.37. The number of H-pyrrole nitrogens is 1. The third-order valence-corrected chi connectivity index (χ3v) is 3.34. The van der Waals surface area contributed by atoms with Gasteiger partial charge in [0.2, 0.25) is 5.56 Å². The van der Waals surface area contributed by atoms with Crippen molar-refractivity contribution < 1.29 is 10.2 Å². The van der Waals surface area contributed by atoms with Gasteiger partial charge in [-0.1, -0.05) is 28.1 Å². The molecule has 5 heteroatoms. The number of pyridine rings is 1. The summed E-state index contributed by atoms with van der Waals surface area (Å²) in [4.78, 5) is 13.8. The molecule has 0 bridgehead atoms. The van der Waals surface area contributed by atoms with Crippen LogP contribution in [0.15, 0.2) is 35.3 Å². The van der Waals surface area contributed by atoms with Crippen molar-refractivity contribution >= 4 is 26.7 Å². The summed E-state index contributed by atoms with van der Waals surface area (Å²) < 4.78 is 0. The number of benzene rings is 1. The Bertz CT molecular complexity index is 596. The Morgan fingerprint density at radius 1 is 1.22 bits per heavy atom. The molecule has 0 radical (unpaired) electrons. The maximum atomic E-state index is 11.2. The average Bonchev–Trinajstić information content (AvgIpc) is 2.37. The standard InChI is InChI=1S/C13H14BrNO3/c14-4-3-11(16)13(18)8-1-2-9-7-15-12(17)6-10(9)5-8/h1-2,5-7,11,13,16,18H,3-4H2,(H,15,17). The summed E-state index contributed by atoms with van der Waals surface area (Å²) in [5.74, 6) is 0. The van der Waals surface area contributed by atoms with E-state index in [0.717, 1.165) is 10.8 Å². The van der Waals surface area contributed by atoms with Crippen molar-refractivity contribution in [3.63, 3.8) is 0 Å². The van der Waals surface area contributed by atoms with Crippen molar-refractivity contribution in [1.29, 1.82) is 0 Å². The molecule has 2 aromatic rings. The Morgan fingerprint density at radius 3 is 2.72 bits per heavy atom. The van der Waals surface area contributed by atoms with Crippen molar-refractivity contribution in [2.45, 2.75) is 18.6 Å². The van der Waals surface area contributed by atoms with E-state index in [1.54, 1.807) is 18.3 Å². The molecule has 3 N–H and O–H groups in total. The number of aliphatic hydroxyl groups is 2. The van der Waals surface area contributed by atoms with E-state index in [0.29, 0.717) is 17.3 Å². The van der Waals surface area contributed by atoms with Gasteiger partial charge in [-0.3, -0.25) is 4.79 Å². The smallest absolute Gasteiger partial charge is 0.248 e. The lowest BCUT2D eigenvalue weighted by Gasteiger charge is -2.17. The first-order valence-electron chi connectivity index (χ1n) is 5.66. The van der Waals surface area contributed by atoms with Crippen molar-refractivity contribution in [2.75, 3.05) is 5.33 Å². The number of alkyl halides is 1. The summed E-state index contributed by atoms with van der Waals surface area (Å²) in [6.07, 6.45) is 0.340. The SMILES string of the molecule is O=c1cc2cc(C(O)C(O)CCBr)ccc2c[nH]1. The monoisotopic (exact) mass is 311 g/mol. The topological polar surface area (TPSA) is 73.3 Å². The van der Waals surface area contributed by atoms with E-state index < -0.39 is 12.2 Å². The number of aliphatic hydroxyl groups excluding tert-OH is 2. The van der Waals surface area contributed by atoms with Gasteiger partial charge in [0.05, 0.1) is 6.10 Å². The van der Waals surface area contributed by atoms with Gasteiger partial charge < -0.3 is 15.2 Å². The van der Waals surface area contributed by atoms with Gasteiger partial charge in [0, 0.05) is 17.6 Å². The molecule has 2 rings (SSSR count). The zero-order chi connectivity index (χ0) is 13.1. The van der Waals surface area contributed by atoms with Crippen molar-refractivity contribution in [1.82, 2.24) is 4.98 Å².